The van der Waals surface area contributed by atoms with Crippen LogP contribution in [-0.4, -0.2) is 36.4 Å². The molecule has 0 spiro atoms. The number of hydrogen-bond acceptors (Lipinski definition) is 7. The SMILES string of the molecule is CCCCC(CC)COC(=O)CCSc1cc(N)c(C(=O)OC)cn1. The highest BCUT2D eigenvalue weighted by atomic mass is 32.2. The Morgan fingerprint density at radius 2 is 2.12 bits per heavy atom. The highest BCUT2D eigenvalue weighted by Gasteiger charge is 2.13. The molecule has 0 saturated carbocycles. The molecule has 1 atom stereocenters. The third-order valence-electron chi connectivity index (χ3n) is 3.90. The molecule has 1 unspecified atom stereocenters. The topological polar surface area (TPSA) is 91.5 Å². The number of nitrogens with two attached hydrogens (primary N) is 1. The Bertz CT molecular complexity index is 566. The zero-order chi connectivity index (χ0) is 18.7. The van der Waals surface area contributed by atoms with E-state index in [0.29, 0.717) is 35.4 Å². The summed E-state index contributed by atoms with van der Waals surface area (Å²) in [7, 11) is 1.29. The first kappa shape index (κ1) is 21.3. The Labute approximate surface area is 153 Å². The van der Waals surface area contributed by atoms with Gasteiger partial charge in [0, 0.05) is 11.9 Å². The molecule has 6 nitrogen and oxygen atoms in total. The van der Waals surface area contributed by atoms with E-state index in [9.17, 15) is 9.59 Å². The van der Waals surface area contributed by atoms with Gasteiger partial charge in [-0.25, -0.2) is 9.78 Å². The summed E-state index contributed by atoms with van der Waals surface area (Å²) < 4.78 is 9.98. The molecular formula is C18H28N2O4S. The third-order valence-corrected chi connectivity index (χ3v) is 4.82. The van der Waals surface area contributed by atoms with Gasteiger partial charge in [0.2, 0.25) is 0 Å². The fraction of sp³-hybridized carbons (Fsp3) is 0.611. The van der Waals surface area contributed by atoms with Crippen molar-refractivity contribution in [1.82, 2.24) is 4.98 Å². The van der Waals surface area contributed by atoms with E-state index in [1.165, 1.54) is 31.5 Å². The number of pyridine rings is 1. The van der Waals surface area contributed by atoms with Crippen molar-refractivity contribution in [3.63, 3.8) is 0 Å². The van der Waals surface area contributed by atoms with Crippen LogP contribution in [0, 0.1) is 5.92 Å². The van der Waals surface area contributed by atoms with Crippen molar-refractivity contribution in [2.24, 2.45) is 5.92 Å². The first-order chi connectivity index (χ1) is 12.0. The van der Waals surface area contributed by atoms with Crippen molar-refractivity contribution in [1.29, 1.82) is 0 Å². The number of nitrogens with zero attached hydrogens (tertiary/aromatic N) is 1. The maximum absolute atomic E-state index is 11.8. The molecule has 0 bridgehead atoms. The highest BCUT2D eigenvalue weighted by molar-refractivity contribution is 7.99. The summed E-state index contributed by atoms with van der Waals surface area (Å²) >= 11 is 1.40. The predicted octanol–water partition coefficient (Wildman–Crippen LogP) is 3.69. The van der Waals surface area contributed by atoms with Crippen molar-refractivity contribution in [2.75, 3.05) is 25.2 Å². The predicted molar refractivity (Wildman–Crippen MR) is 99.6 cm³/mol. The van der Waals surface area contributed by atoms with Gasteiger partial charge in [-0.05, 0) is 18.4 Å². The van der Waals surface area contributed by atoms with Gasteiger partial charge in [-0.3, -0.25) is 4.79 Å². The number of carbonyl (C=O) groups excluding carboxylic acids is 2. The zero-order valence-corrected chi connectivity index (χ0v) is 16.1. The van der Waals surface area contributed by atoms with Crippen molar-refractivity contribution in [3.05, 3.63) is 17.8 Å². The smallest absolute Gasteiger partial charge is 0.341 e. The number of rotatable bonds is 11. The quantitative estimate of drug-likeness (QED) is 0.470. The lowest BCUT2D eigenvalue weighted by atomic mass is 10.0. The van der Waals surface area contributed by atoms with E-state index in [-0.39, 0.29) is 11.5 Å². The molecule has 0 aromatic carbocycles. The summed E-state index contributed by atoms with van der Waals surface area (Å²) in [5.41, 5.74) is 6.37. The lowest BCUT2D eigenvalue weighted by Crippen LogP contribution is -2.14. The summed E-state index contributed by atoms with van der Waals surface area (Å²) in [4.78, 5) is 27.4. The van der Waals surface area contributed by atoms with Crippen molar-refractivity contribution in [2.45, 2.75) is 51.0 Å². The van der Waals surface area contributed by atoms with E-state index in [1.807, 2.05) is 0 Å². The summed E-state index contributed by atoms with van der Waals surface area (Å²) in [6.07, 6.45) is 6.16. The Morgan fingerprint density at radius 3 is 2.72 bits per heavy atom. The van der Waals surface area contributed by atoms with Crippen LogP contribution in [0.5, 0.6) is 0 Å². The number of anilines is 1. The standard InChI is InChI=1S/C18H28N2O4S/c1-4-6-7-13(5-2)12-24-17(21)8-9-25-16-10-15(19)14(11-20-16)18(22)23-3/h10-11,13H,4-9,12H2,1-3H3,(H2,19,20). The van der Waals surface area contributed by atoms with Crippen molar-refractivity contribution in [3.8, 4) is 0 Å². The van der Waals surface area contributed by atoms with Gasteiger partial charge in [0.05, 0.1) is 30.9 Å². The number of nitrogen functional groups attached to an aromatic ring is 1. The van der Waals surface area contributed by atoms with E-state index in [4.69, 9.17) is 10.5 Å². The molecule has 0 aliphatic heterocycles. The van der Waals surface area contributed by atoms with Crippen LogP contribution in [-0.2, 0) is 14.3 Å². The van der Waals surface area contributed by atoms with E-state index < -0.39 is 5.97 Å². The van der Waals surface area contributed by atoms with Crippen molar-refractivity contribution < 1.29 is 19.1 Å². The average Bonchev–Trinajstić information content (AvgIpc) is 2.61. The highest BCUT2D eigenvalue weighted by Crippen LogP contribution is 2.22. The van der Waals surface area contributed by atoms with Crippen LogP contribution in [0.1, 0.15) is 56.3 Å². The lowest BCUT2D eigenvalue weighted by Gasteiger charge is -2.14. The molecule has 0 saturated heterocycles. The molecule has 1 heterocycles. The van der Waals surface area contributed by atoms with Crippen LogP contribution >= 0.6 is 11.8 Å². The molecule has 0 amide bonds. The third kappa shape index (κ3) is 7.77. The average molecular weight is 368 g/mol. The van der Waals surface area contributed by atoms with E-state index in [1.54, 1.807) is 6.07 Å². The Kier molecular flexibility index (Phi) is 9.99. The molecule has 140 valence electrons. The fourth-order valence-electron chi connectivity index (χ4n) is 2.23. The monoisotopic (exact) mass is 368 g/mol. The van der Waals surface area contributed by atoms with Gasteiger partial charge in [-0.2, -0.15) is 0 Å². The summed E-state index contributed by atoms with van der Waals surface area (Å²) in [5, 5.41) is 0.660. The number of thioether (sulfide) groups is 1. The minimum atomic E-state index is -0.515. The molecule has 2 N–H and O–H groups in total. The van der Waals surface area contributed by atoms with E-state index in [0.717, 1.165) is 19.3 Å². The first-order valence-corrected chi connectivity index (χ1v) is 9.62. The number of ether oxygens (including phenoxy) is 2. The maximum Gasteiger partial charge on any atom is 0.341 e. The molecule has 0 fully saturated rings. The van der Waals surface area contributed by atoms with Gasteiger partial charge in [-0.15, -0.1) is 11.8 Å². The van der Waals surface area contributed by atoms with Gasteiger partial charge in [0.25, 0.3) is 0 Å². The van der Waals surface area contributed by atoms with Crippen LogP contribution in [0.2, 0.25) is 0 Å². The lowest BCUT2D eigenvalue weighted by molar-refractivity contribution is -0.144. The molecule has 25 heavy (non-hydrogen) atoms. The Hall–Kier alpha value is -1.76. The molecule has 1 aromatic heterocycles. The Balaban J connectivity index is 2.35. The minimum Gasteiger partial charge on any atom is -0.465 e. The largest absolute Gasteiger partial charge is 0.465 e. The summed E-state index contributed by atoms with van der Waals surface area (Å²) in [6, 6.07) is 1.61. The van der Waals surface area contributed by atoms with Gasteiger partial charge in [0.1, 0.15) is 5.56 Å². The molecule has 1 rings (SSSR count). The normalized spacial score (nSPS) is 11.8. The van der Waals surface area contributed by atoms with Crippen LogP contribution in [0.25, 0.3) is 0 Å². The molecular weight excluding hydrogens is 340 g/mol. The summed E-state index contributed by atoms with van der Waals surface area (Å²) in [6.45, 7) is 4.78. The van der Waals surface area contributed by atoms with Crippen LogP contribution in [0.3, 0.4) is 0 Å². The number of esters is 2. The van der Waals surface area contributed by atoms with Crippen LogP contribution in [0.15, 0.2) is 17.3 Å². The Morgan fingerprint density at radius 1 is 1.36 bits per heavy atom. The van der Waals surface area contributed by atoms with Gasteiger partial charge >= 0.3 is 11.9 Å². The minimum absolute atomic E-state index is 0.193. The molecule has 0 radical (unpaired) electrons. The summed E-state index contributed by atoms with van der Waals surface area (Å²) in [5.74, 6) is 0.290. The van der Waals surface area contributed by atoms with Gasteiger partial charge < -0.3 is 15.2 Å². The number of unbranched alkanes of at least 4 members (excludes halogenated alkanes) is 1. The number of methoxy groups -OCH3 is 1. The second kappa shape index (κ2) is 11.7. The zero-order valence-electron chi connectivity index (χ0n) is 15.2. The number of hydrogen-bond donors (Lipinski definition) is 1. The maximum atomic E-state index is 11.8. The molecule has 1 aromatic rings. The van der Waals surface area contributed by atoms with Gasteiger partial charge in [0.15, 0.2) is 0 Å². The first-order valence-electron chi connectivity index (χ1n) is 8.64. The van der Waals surface area contributed by atoms with E-state index in [2.05, 4.69) is 23.6 Å². The van der Waals surface area contributed by atoms with E-state index >= 15 is 0 Å². The molecule has 0 aliphatic carbocycles. The number of aromatic nitrogens is 1. The van der Waals surface area contributed by atoms with Crippen LogP contribution < -0.4 is 5.73 Å². The second-order valence-electron chi connectivity index (χ2n) is 5.80. The van der Waals surface area contributed by atoms with Crippen molar-refractivity contribution >= 4 is 29.4 Å². The molecule has 7 heteroatoms. The molecule has 0 aliphatic rings. The second-order valence-corrected chi connectivity index (χ2v) is 6.91. The van der Waals surface area contributed by atoms with Gasteiger partial charge in [-0.1, -0.05) is 33.1 Å². The number of carbonyl (C=O) groups is 2. The fourth-order valence-corrected chi connectivity index (χ4v) is 3.05. The van der Waals surface area contributed by atoms with Crippen LogP contribution in [0.4, 0.5) is 5.69 Å².